The number of nitrogens with zero attached hydrogens (tertiary/aromatic N) is 2. The number of hydrogen-bond donors (Lipinski definition) is 1. The third kappa shape index (κ3) is 2.30. The van der Waals surface area contributed by atoms with Gasteiger partial charge in [-0.2, -0.15) is 0 Å². The minimum absolute atomic E-state index is 0.150. The second kappa shape index (κ2) is 4.25. The third-order valence-corrected chi connectivity index (χ3v) is 1.62. The first kappa shape index (κ1) is 9.25. The molecule has 1 aromatic rings. The van der Waals surface area contributed by atoms with E-state index in [4.69, 9.17) is 5.21 Å². The van der Waals surface area contributed by atoms with E-state index in [0.717, 1.165) is 12.0 Å². The Morgan fingerprint density at radius 3 is 2.54 bits per heavy atom. The quantitative estimate of drug-likeness (QED) is 0.334. The third-order valence-electron chi connectivity index (χ3n) is 1.62. The van der Waals surface area contributed by atoms with E-state index >= 15 is 0 Å². The normalized spacial score (nSPS) is 11.2. The van der Waals surface area contributed by atoms with E-state index in [1.807, 2.05) is 0 Å². The molecule has 0 fully saturated rings. The largest absolute Gasteiger partial charge is 0.592 e. The van der Waals surface area contributed by atoms with Crippen LogP contribution in [0.25, 0.3) is 0 Å². The van der Waals surface area contributed by atoms with Crippen LogP contribution in [0, 0.1) is 5.21 Å². The van der Waals surface area contributed by atoms with Gasteiger partial charge in [-0.25, -0.2) is 0 Å². The Kier molecular flexibility index (Phi) is 3.03. The van der Waals surface area contributed by atoms with Gasteiger partial charge in [-0.1, -0.05) is 18.2 Å². The summed E-state index contributed by atoms with van der Waals surface area (Å²) < 4.78 is 0. The average Bonchev–Trinajstić information content (AvgIpc) is 2.18. The molecule has 1 rings (SSSR count). The average molecular weight is 178 g/mol. The maximum Gasteiger partial charge on any atom is 0.248 e. The smallest absolute Gasteiger partial charge is 0.248 e. The van der Waals surface area contributed by atoms with Crippen LogP contribution in [-0.2, 0) is 6.42 Å². The van der Waals surface area contributed by atoms with Crippen molar-refractivity contribution in [3.63, 3.8) is 0 Å². The lowest BCUT2D eigenvalue weighted by atomic mass is 10.1. The zero-order valence-corrected chi connectivity index (χ0v) is 7.05. The molecule has 0 aromatic heterocycles. The summed E-state index contributed by atoms with van der Waals surface area (Å²) in [6.45, 7) is 3.60. The van der Waals surface area contributed by atoms with E-state index in [0.29, 0.717) is 5.69 Å². The molecule has 13 heavy (non-hydrogen) atoms. The lowest BCUT2D eigenvalue weighted by Crippen LogP contribution is -1.90. The summed E-state index contributed by atoms with van der Waals surface area (Å²) in [5.74, 6) is 0. The van der Waals surface area contributed by atoms with Gasteiger partial charge in [0, 0.05) is 12.1 Å². The maximum absolute atomic E-state index is 10.8. The molecule has 0 atom stereocenters. The van der Waals surface area contributed by atoms with Crippen LogP contribution in [0.15, 0.2) is 42.2 Å². The highest BCUT2D eigenvalue weighted by molar-refractivity contribution is 5.33. The van der Waals surface area contributed by atoms with Crippen molar-refractivity contribution in [2.75, 3.05) is 0 Å². The van der Waals surface area contributed by atoms with Crippen LogP contribution >= 0.6 is 0 Å². The molecule has 0 spiro atoms. The zero-order valence-electron chi connectivity index (χ0n) is 7.05. The van der Waals surface area contributed by atoms with Gasteiger partial charge >= 0.3 is 0 Å². The lowest BCUT2D eigenvalue weighted by Gasteiger charge is -1.98. The van der Waals surface area contributed by atoms with Crippen molar-refractivity contribution in [1.82, 2.24) is 0 Å². The minimum atomic E-state index is 0.150. The summed E-state index contributed by atoms with van der Waals surface area (Å²) in [5.41, 5.74) is 1.36. The Balaban J connectivity index is 2.87. The maximum atomic E-state index is 10.8. The first-order valence-electron chi connectivity index (χ1n) is 3.80. The molecular formula is C9H10N2O2. The van der Waals surface area contributed by atoms with Gasteiger partial charge in [0.05, 0.1) is 0 Å². The minimum Gasteiger partial charge on any atom is -0.592 e. The molecule has 0 aliphatic rings. The second-order valence-electron chi connectivity index (χ2n) is 2.52. The Bertz CT molecular complexity index is 317. The van der Waals surface area contributed by atoms with Gasteiger partial charge in [0.1, 0.15) is 0 Å². The summed E-state index contributed by atoms with van der Waals surface area (Å²) in [6, 6.07) is 6.75. The van der Waals surface area contributed by atoms with E-state index < -0.39 is 0 Å². The molecule has 0 heterocycles. The molecule has 0 amide bonds. The van der Waals surface area contributed by atoms with E-state index in [2.05, 4.69) is 11.9 Å². The molecule has 1 aromatic carbocycles. The fourth-order valence-electron chi connectivity index (χ4n) is 0.978. The predicted octanol–water partition coefficient (Wildman–Crippen LogP) is 2.40. The van der Waals surface area contributed by atoms with Gasteiger partial charge in [0.2, 0.25) is 11.0 Å². The van der Waals surface area contributed by atoms with Crippen molar-refractivity contribution in [1.29, 1.82) is 0 Å². The van der Waals surface area contributed by atoms with E-state index in [1.54, 1.807) is 30.3 Å². The van der Waals surface area contributed by atoms with Gasteiger partial charge in [0.15, 0.2) is 0 Å². The van der Waals surface area contributed by atoms with Crippen LogP contribution in [-0.4, -0.2) is 10.1 Å². The highest BCUT2D eigenvalue weighted by atomic mass is 16.6. The summed E-state index contributed by atoms with van der Waals surface area (Å²) in [5, 5.41) is 21.4. The van der Waals surface area contributed by atoms with Crippen LogP contribution in [0.3, 0.4) is 0 Å². The Labute approximate surface area is 76.0 Å². The number of hydrogen-bond acceptors (Lipinski definition) is 2. The summed E-state index contributed by atoms with van der Waals surface area (Å²) in [6.07, 6.45) is 2.54. The van der Waals surface area contributed by atoms with Gasteiger partial charge in [-0.05, 0) is 16.8 Å². The van der Waals surface area contributed by atoms with Crippen LogP contribution < -0.4 is 0 Å². The van der Waals surface area contributed by atoms with Gasteiger partial charge in [0.25, 0.3) is 0 Å². The molecular weight excluding hydrogens is 168 g/mol. The summed E-state index contributed by atoms with van der Waals surface area (Å²) in [7, 11) is 0. The predicted molar refractivity (Wildman–Crippen MR) is 47.8 cm³/mol. The summed E-state index contributed by atoms with van der Waals surface area (Å²) in [4.78, 5) is 0.150. The second-order valence-corrected chi connectivity index (χ2v) is 2.52. The monoisotopic (exact) mass is 178 g/mol. The zero-order chi connectivity index (χ0) is 9.68. The van der Waals surface area contributed by atoms with Crippen LogP contribution in [0.4, 0.5) is 5.69 Å². The van der Waals surface area contributed by atoms with Crippen molar-refractivity contribution in [3.05, 3.63) is 47.7 Å². The standard InChI is InChI=1S/C9H10N2O2/c1-2-3-8-4-6-9(7-5-8)11(13)10-12/h2,4-7,12H,1,3H2. The van der Waals surface area contributed by atoms with Gasteiger partial charge in [-0.15, -0.1) is 6.58 Å². The van der Waals surface area contributed by atoms with Crippen molar-refractivity contribution in [2.24, 2.45) is 5.28 Å². The van der Waals surface area contributed by atoms with Gasteiger partial charge < -0.3 is 10.4 Å². The fourth-order valence-corrected chi connectivity index (χ4v) is 0.978. The number of allylic oxidation sites excluding steroid dienone is 1. The molecule has 0 bridgehead atoms. The van der Waals surface area contributed by atoms with Crippen molar-refractivity contribution < 1.29 is 10.1 Å². The lowest BCUT2D eigenvalue weighted by molar-refractivity contribution is -0.473. The highest BCUT2D eigenvalue weighted by Crippen LogP contribution is 2.12. The van der Waals surface area contributed by atoms with E-state index in [9.17, 15) is 5.21 Å². The van der Waals surface area contributed by atoms with Gasteiger partial charge in [-0.3, -0.25) is 0 Å². The molecule has 0 radical (unpaired) electrons. The summed E-state index contributed by atoms with van der Waals surface area (Å²) >= 11 is 0. The molecule has 0 saturated carbocycles. The van der Waals surface area contributed by atoms with E-state index in [-0.39, 0.29) is 4.86 Å². The molecule has 0 unspecified atom stereocenters. The van der Waals surface area contributed by atoms with Crippen molar-refractivity contribution in [3.8, 4) is 0 Å². The Morgan fingerprint density at radius 2 is 2.08 bits per heavy atom. The first-order valence-corrected chi connectivity index (χ1v) is 3.80. The van der Waals surface area contributed by atoms with E-state index in [1.165, 1.54) is 0 Å². The van der Waals surface area contributed by atoms with Crippen LogP contribution in [0.2, 0.25) is 0 Å². The molecule has 4 heteroatoms. The molecule has 1 N–H and O–H groups in total. The molecule has 0 aliphatic heterocycles. The Hall–Kier alpha value is -1.84. The molecule has 0 saturated heterocycles. The number of benzene rings is 1. The molecule has 4 nitrogen and oxygen atoms in total. The fraction of sp³-hybridized carbons (Fsp3) is 0.111. The molecule has 68 valence electrons. The van der Waals surface area contributed by atoms with Crippen molar-refractivity contribution >= 4 is 5.69 Å². The SMILES string of the molecule is C=CCc1ccc([N+]([O-])=NO)cc1. The van der Waals surface area contributed by atoms with Crippen molar-refractivity contribution in [2.45, 2.75) is 6.42 Å². The van der Waals surface area contributed by atoms with Crippen LogP contribution in [0.1, 0.15) is 5.56 Å². The topological polar surface area (TPSA) is 58.7 Å². The first-order chi connectivity index (χ1) is 6.27. The number of rotatable bonds is 3. The highest BCUT2D eigenvalue weighted by Gasteiger charge is 2.01. The van der Waals surface area contributed by atoms with Crippen LogP contribution in [0.5, 0.6) is 0 Å². The Morgan fingerprint density at radius 1 is 1.46 bits per heavy atom. The molecule has 0 aliphatic carbocycles.